The van der Waals surface area contributed by atoms with Crippen molar-refractivity contribution in [1.82, 2.24) is 0 Å². The fourth-order valence-corrected chi connectivity index (χ4v) is 6.61. The van der Waals surface area contributed by atoms with Crippen molar-refractivity contribution in [3.8, 4) is 0 Å². The fourth-order valence-electron chi connectivity index (χ4n) is 6.61. The zero-order valence-corrected chi connectivity index (χ0v) is 16.2. The maximum atomic E-state index is 6.56. The van der Waals surface area contributed by atoms with Crippen LogP contribution in [0.2, 0.25) is 5.31 Å². The highest BCUT2D eigenvalue weighted by atomic mass is 16.7. The molecule has 134 valence electrons. The Labute approximate surface area is 152 Å². The molecule has 0 spiro atoms. The van der Waals surface area contributed by atoms with Crippen LogP contribution >= 0.6 is 0 Å². The van der Waals surface area contributed by atoms with E-state index in [9.17, 15) is 0 Å². The van der Waals surface area contributed by atoms with Crippen molar-refractivity contribution < 1.29 is 9.31 Å². The summed E-state index contributed by atoms with van der Waals surface area (Å²) in [4.78, 5) is 0. The predicted octanol–water partition coefficient (Wildman–Crippen LogP) is 5.37. The van der Waals surface area contributed by atoms with Gasteiger partial charge in [0.15, 0.2) is 0 Å². The number of benzene rings is 1. The van der Waals surface area contributed by atoms with Gasteiger partial charge < -0.3 is 9.31 Å². The van der Waals surface area contributed by atoms with E-state index in [2.05, 4.69) is 58.0 Å². The Kier molecular flexibility index (Phi) is 3.23. The van der Waals surface area contributed by atoms with Gasteiger partial charge in [0.2, 0.25) is 0 Å². The van der Waals surface area contributed by atoms with E-state index in [1.54, 1.807) is 5.56 Å². The van der Waals surface area contributed by atoms with Crippen LogP contribution in [0.15, 0.2) is 30.3 Å². The van der Waals surface area contributed by atoms with Gasteiger partial charge in [-0.05, 0) is 63.4 Å². The van der Waals surface area contributed by atoms with Gasteiger partial charge in [-0.3, -0.25) is 0 Å². The first-order chi connectivity index (χ1) is 11.8. The van der Waals surface area contributed by atoms with Crippen LogP contribution in [0.3, 0.4) is 0 Å². The van der Waals surface area contributed by atoms with E-state index in [0.29, 0.717) is 5.41 Å². The molecular formula is C22H31BO2. The third kappa shape index (κ3) is 1.95. The second kappa shape index (κ2) is 4.92. The van der Waals surface area contributed by atoms with E-state index in [4.69, 9.17) is 9.31 Å². The Morgan fingerprint density at radius 2 is 1.44 bits per heavy atom. The van der Waals surface area contributed by atoms with Gasteiger partial charge >= 0.3 is 7.12 Å². The molecule has 1 aromatic rings. The van der Waals surface area contributed by atoms with Crippen molar-refractivity contribution in [1.29, 1.82) is 0 Å². The molecular weight excluding hydrogens is 307 g/mol. The molecule has 3 heteroatoms. The van der Waals surface area contributed by atoms with Crippen molar-refractivity contribution in [3.63, 3.8) is 0 Å². The van der Waals surface area contributed by atoms with E-state index in [1.807, 2.05) is 0 Å². The Balaban J connectivity index is 1.48. The minimum Gasteiger partial charge on any atom is -0.403 e. The lowest BCUT2D eigenvalue weighted by Crippen LogP contribution is -2.75. The van der Waals surface area contributed by atoms with Crippen LogP contribution in [0.1, 0.15) is 71.8 Å². The van der Waals surface area contributed by atoms with Crippen molar-refractivity contribution in [2.75, 3.05) is 0 Å². The molecule has 1 aliphatic heterocycles. The molecule has 1 unspecified atom stereocenters. The average molecular weight is 338 g/mol. The van der Waals surface area contributed by atoms with Crippen molar-refractivity contribution >= 4 is 7.12 Å². The van der Waals surface area contributed by atoms with Gasteiger partial charge in [0.05, 0.1) is 11.2 Å². The maximum absolute atomic E-state index is 6.56. The summed E-state index contributed by atoms with van der Waals surface area (Å²) in [7, 11) is -0.0197. The van der Waals surface area contributed by atoms with E-state index in [1.165, 1.54) is 38.5 Å². The van der Waals surface area contributed by atoms with Gasteiger partial charge in [0, 0.05) is 5.31 Å². The van der Waals surface area contributed by atoms with Gasteiger partial charge in [-0.1, -0.05) is 56.0 Å². The lowest BCUT2D eigenvalue weighted by molar-refractivity contribution is -0.152. The van der Waals surface area contributed by atoms with Gasteiger partial charge in [-0.2, -0.15) is 0 Å². The monoisotopic (exact) mass is 338 g/mol. The largest absolute Gasteiger partial charge is 0.464 e. The molecule has 1 heterocycles. The van der Waals surface area contributed by atoms with Crippen molar-refractivity contribution in [2.24, 2.45) is 11.8 Å². The first-order valence-electron chi connectivity index (χ1n) is 10.2. The molecule has 4 saturated carbocycles. The van der Waals surface area contributed by atoms with Crippen LogP contribution in [0.4, 0.5) is 0 Å². The molecule has 5 aliphatic rings. The summed E-state index contributed by atoms with van der Waals surface area (Å²) < 4.78 is 13.1. The zero-order chi connectivity index (χ0) is 17.5. The number of hydrogen-bond acceptors (Lipinski definition) is 2. The lowest BCUT2D eigenvalue weighted by Gasteiger charge is -2.79. The summed E-state index contributed by atoms with van der Waals surface area (Å²) in [6, 6.07) is 11.3. The quantitative estimate of drug-likeness (QED) is 0.690. The Bertz CT molecular complexity index is 653. The summed E-state index contributed by atoms with van der Waals surface area (Å²) in [6.45, 7) is 8.76. The Morgan fingerprint density at radius 3 is 2.00 bits per heavy atom. The normalized spacial score (nSPS) is 41.4. The highest BCUT2D eigenvalue weighted by Crippen LogP contribution is 2.86. The molecule has 0 radical (unpaired) electrons. The average Bonchev–Trinajstić information content (AvgIpc) is 3.05. The zero-order valence-electron chi connectivity index (χ0n) is 16.2. The minimum absolute atomic E-state index is 0.0197. The Hall–Kier alpha value is -0.795. The third-order valence-corrected chi connectivity index (χ3v) is 8.45. The fraction of sp³-hybridized carbons (Fsp3) is 0.727. The molecule has 1 atom stereocenters. The van der Waals surface area contributed by atoms with E-state index in [-0.39, 0.29) is 23.6 Å². The van der Waals surface area contributed by atoms with Gasteiger partial charge in [-0.15, -0.1) is 0 Å². The SMILES string of the molecule is CC1(C)OB(C23CC(c4ccccc4)(C2)C3C2CCCC2)OC1(C)C. The second-order valence-corrected chi connectivity index (χ2v) is 10.2. The summed E-state index contributed by atoms with van der Waals surface area (Å²) >= 11 is 0. The van der Waals surface area contributed by atoms with Crippen molar-refractivity contribution in [3.05, 3.63) is 35.9 Å². The lowest BCUT2D eigenvalue weighted by atomic mass is 9.16. The second-order valence-electron chi connectivity index (χ2n) is 10.2. The van der Waals surface area contributed by atoms with Crippen LogP contribution in [0, 0.1) is 11.8 Å². The van der Waals surface area contributed by atoms with Crippen LogP contribution in [-0.4, -0.2) is 18.3 Å². The topological polar surface area (TPSA) is 18.5 Å². The predicted molar refractivity (Wildman–Crippen MR) is 102 cm³/mol. The smallest absolute Gasteiger partial charge is 0.403 e. The van der Waals surface area contributed by atoms with Crippen LogP contribution in [0.25, 0.3) is 0 Å². The first kappa shape index (κ1) is 16.4. The molecule has 1 aromatic carbocycles. The standard InChI is InChI=1S/C22H31BO2/c1-19(2)20(3,4)25-23(24-19)22-14-21(15-22,17-12-6-5-7-13-17)18(22)16-10-8-9-11-16/h5-7,12-13,16,18H,8-11,14-15H2,1-4H3. The third-order valence-electron chi connectivity index (χ3n) is 8.45. The first-order valence-corrected chi connectivity index (χ1v) is 10.2. The summed E-state index contributed by atoms with van der Waals surface area (Å²) in [5, 5.41) is 0.260. The van der Waals surface area contributed by atoms with E-state index < -0.39 is 0 Å². The van der Waals surface area contributed by atoms with Crippen molar-refractivity contribution in [2.45, 2.75) is 88.2 Å². The van der Waals surface area contributed by atoms with Crippen LogP contribution in [-0.2, 0) is 14.7 Å². The summed E-state index contributed by atoms with van der Waals surface area (Å²) in [6.07, 6.45) is 8.13. The van der Waals surface area contributed by atoms with Crippen LogP contribution < -0.4 is 0 Å². The molecule has 1 saturated heterocycles. The molecule has 0 amide bonds. The Morgan fingerprint density at radius 1 is 0.880 bits per heavy atom. The molecule has 4 aliphatic carbocycles. The maximum Gasteiger partial charge on any atom is 0.464 e. The minimum atomic E-state index is -0.215. The van der Waals surface area contributed by atoms with E-state index >= 15 is 0 Å². The summed E-state index contributed by atoms with van der Waals surface area (Å²) in [5.41, 5.74) is 1.53. The van der Waals surface area contributed by atoms with Gasteiger partial charge in [0.1, 0.15) is 0 Å². The molecule has 5 fully saturated rings. The van der Waals surface area contributed by atoms with E-state index in [0.717, 1.165) is 11.8 Å². The highest BCUT2D eigenvalue weighted by Gasteiger charge is 2.83. The molecule has 0 N–H and O–H groups in total. The molecule has 6 rings (SSSR count). The molecule has 0 aromatic heterocycles. The molecule has 2 nitrogen and oxygen atoms in total. The van der Waals surface area contributed by atoms with Crippen LogP contribution in [0.5, 0.6) is 0 Å². The highest BCUT2D eigenvalue weighted by molar-refractivity contribution is 6.51. The molecule has 25 heavy (non-hydrogen) atoms. The van der Waals surface area contributed by atoms with Gasteiger partial charge in [0.25, 0.3) is 0 Å². The number of hydrogen-bond donors (Lipinski definition) is 0. The van der Waals surface area contributed by atoms with Gasteiger partial charge in [-0.25, -0.2) is 0 Å². The number of rotatable bonds is 3. The molecule has 2 bridgehead atoms. The summed E-state index contributed by atoms with van der Waals surface area (Å²) in [5.74, 6) is 1.61.